The van der Waals surface area contributed by atoms with Crippen molar-refractivity contribution in [2.24, 2.45) is 0 Å². The van der Waals surface area contributed by atoms with Crippen molar-refractivity contribution in [2.75, 3.05) is 6.54 Å². The molecule has 3 rings (SSSR count). The third-order valence-electron chi connectivity index (χ3n) is 2.94. The summed E-state index contributed by atoms with van der Waals surface area (Å²) in [4.78, 5) is 18.8. The number of hydrogen-bond acceptors (Lipinski definition) is 2. The van der Waals surface area contributed by atoms with Crippen LogP contribution in [-0.2, 0) is 6.42 Å². The van der Waals surface area contributed by atoms with Gasteiger partial charge in [-0.2, -0.15) is 0 Å². The molecular formula is C12H9Cl2N3O. The lowest BCUT2D eigenvalue weighted by Crippen LogP contribution is -2.31. The predicted octanol–water partition coefficient (Wildman–Crippen LogP) is 2.67. The van der Waals surface area contributed by atoms with Crippen LogP contribution in [-0.4, -0.2) is 22.4 Å². The van der Waals surface area contributed by atoms with Crippen molar-refractivity contribution in [3.05, 3.63) is 39.8 Å². The second kappa shape index (κ2) is 4.30. The van der Waals surface area contributed by atoms with Crippen molar-refractivity contribution in [1.29, 1.82) is 0 Å². The van der Waals surface area contributed by atoms with Crippen LogP contribution in [0, 0.1) is 0 Å². The van der Waals surface area contributed by atoms with E-state index in [1.54, 1.807) is 18.3 Å². The van der Waals surface area contributed by atoms with Gasteiger partial charge in [-0.15, -0.1) is 0 Å². The van der Waals surface area contributed by atoms with Crippen molar-refractivity contribution in [2.45, 2.75) is 6.42 Å². The Morgan fingerprint density at radius 3 is 2.89 bits per heavy atom. The van der Waals surface area contributed by atoms with Crippen LogP contribution >= 0.6 is 23.2 Å². The smallest absolute Gasteiger partial charge is 0.253 e. The molecule has 0 saturated heterocycles. The molecule has 2 aromatic heterocycles. The number of pyridine rings is 1. The molecule has 1 amide bonds. The molecule has 92 valence electrons. The molecule has 1 aliphatic heterocycles. The Labute approximate surface area is 113 Å². The van der Waals surface area contributed by atoms with Crippen LogP contribution in [0.5, 0.6) is 0 Å². The Morgan fingerprint density at radius 2 is 2.11 bits per heavy atom. The van der Waals surface area contributed by atoms with E-state index in [2.05, 4.69) is 15.3 Å². The number of rotatable bonds is 1. The van der Waals surface area contributed by atoms with Crippen molar-refractivity contribution < 1.29 is 4.79 Å². The van der Waals surface area contributed by atoms with E-state index in [9.17, 15) is 4.79 Å². The SMILES string of the molecule is O=C1NCCc2[nH]c(-c3ccnc(Cl)c3Cl)cc21. The van der Waals surface area contributed by atoms with Crippen LogP contribution in [0.2, 0.25) is 10.2 Å². The van der Waals surface area contributed by atoms with Gasteiger partial charge in [0.05, 0.1) is 10.6 Å². The number of nitrogens with zero attached hydrogens (tertiary/aromatic N) is 1. The number of fused-ring (bicyclic) bond motifs is 1. The minimum Gasteiger partial charge on any atom is -0.358 e. The quantitative estimate of drug-likeness (QED) is 0.790. The normalized spacial score (nSPS) is 14.2. The second-order valence-electron chi connectivity index (χ2n) is 4.04. The molecule has 0 saturated carbocycles. The molecule has 0 radical (unpaired) electrons. The summed E-state index contributed by atoms with van der Waals surface area (Å²) < 4.78 is 0. The maximum absolute atomic E-state index is 11.7. The van der Waals surface area contributed by atoms with Gasteiger partial charge in [0.15, 0.2) is 0 Å². The molecule has 0 aromatic carbocycles. The fraction of sp³-hybridized carbons (Fsp3) is 0.167. The van der Waals surface area contributed by atoms with Crippen molar-refractivity contribution in [1.82, 2.24) is 15.3 Å². The Bertz CT molecular complexity index is 636. The fourth-order valence-corrected chi connectivity index (χ4v) is 2.44. The van der Waals surface area contributed by atoms with E-state index >= 15 is 0 Å². The Balaban J connectivity index is 2.13. The second-order valence-corrected chi connectivity index (χ2v) is 4.78. The first-order chi connectivity index (χ1) is 8.66. The van der Waals surface area contributed by atoms with Crippen LogP contribution in [0.15, 0.2) is 18.3 Å². The molecule has 0 unspecified atom stereocenters. The van der Waals surface area contributed by atoms with E-state index in [-0.39, 0.29) is 11.1 Å². The third-order valence-corrected chi connectivity index (χ3v) is 3.71. The van der Waals surface area contributed by atoms with Gasteiger partial charge in [0.25, 0.3) is 5.91 Å². The number of H-pyrrole nitrogens is 1. The summed E-state index contributed by atoms with van der Waals surface area (Å²) in [7, 11) is 0. The Hall–Kier alpha value is -1.52. The van der Waals surface area contributed by atoms with Gasteiger partial charge < -0.3 is 10.3 Å². The maximum atomic E-state index is 11.7. The van der Waals surface area contributed by atoms with E-state index in [4.69, 9.17) is 23.2 Å². The summed E-state index contributed by atoms with van der Waals surface area (Å²) in [6.45, 7) is 0.649. The largest absolute Gasteiger partial charge is 0.358 e. The lowest BCUT2D eigenvalue weighted by molar-refractivity contribution is 0.0946. The van der Waals surface area contributed by atoms with Gasteiger partial charge in [0.1, 0.15) is 5.15 Å². The van der Waals surface area contributed by atoms with Gasteiger partial charge in [0, 0.05) is 36.1 Å². The molecular weight excluding hydrogens is 273 g/mol. The topological polar surface area (TPSA) is 57.8 Å². The van der Waals surface area contributed by atoms with Crippen LogP contribution < -0.4 is 5.32 Å². The highest BCUT2D eigenvalue weighted by molar-refractivity contribution is 6.42. The zero-order chi connectivity index (χ0) is 12.7. The van der Waals surface area contributed by atoms with Gasteiger partial charge in [-0.05, 0) is 12.1 Å². The maximum Gasteiger partial charge on any atom is 0.253 e. The van der Waals surface area contributed by atoms with Gasteiger partial charge in [0.2, 0.25) is 0 Å². The predicted molar refractivity (Wildman–Crippen MR) is 70.1 cm³/mol. The highest BCUT2D eigenvalue weighted by atomic mass is 35.5. The highest BCUT2D eigenvalue weighted by Gasteiger charge is 2.21. The molecule has 0 spiro atoms. The monoisotopic (exact) mass is 281 g/mol. The zero-order valence-electron chi connectivity index (χ0n) is 9.26. The fourth-order valence-electron chi connectivity index (χ4n) is 2.06. The highest BCUT2D eigenvalue weighted by Crippen LogP contribution is 2.32. The molecule has 0 fully saturated rings. The number of nitrogens with one attached hydrogen (secondary N) is 2. The molecule has 2 N–H and O–H groups in total. The number of amides is 1. The first kappa shape index (κ1) is 11.6. The lowest BCUT2D eigenvalue weighted by atomic mass is 10.1. The van der Waals surface area contributed by atoms with E-state index < -0.39 is 0 Å². The molecule has 0 bridgehead atoms. The standard InChI is InChI=1S/C12H9Cl2N3O/c13-10-6(1-3-15-11(10)14)9-5-7-8(17-9)2-4-16-12(7)18/h1,3,5,17H,2,4H2,(H,16,18). The van der Waals surface area contributed by atoms with E-state index in [0.717, 1.165) is 23.4 Å². The molecule has 1 aliphatic rings. The van der Waals surface area contributed by atoms with Crippen LogP contribution in [0.25, 0.3) is 11.3 Å². The summed E-state index contributed by atoms with van der Waals surface area (Å²) in [6, 6.07) is 3.56. The Kier molecular flexibility index (Phi) is 2.76. The number of carbonyl (C=O) groups excluding carboxylic acids is 1. The summed E-state index contributed by atoms with van der Waals surface area (Å²) in [6.07, 6.45) is 2.38. The van der Waals surface area contributed by atoms with Gasteiger partial charge in [-0.25, -0.2) is 4.98 Å². The number of hydrogen-bond donors (Lipinski definition) is 2. The third kappa shape index (κ3) is 1.78. The van der Waals surface area contributed by atoms with Crippen molar-refractivity contribution in [3.8, 4) is 11.3 Å². The number of aromatic nitrogens is 2. The van der Waals surface area contributed by atoms with Crippen LogP contribution in [0.4, 0.5) is 0 Å². The first-order valence-electron chi connectivity index (χ1n) is 5.47. The molecule has 2 aromatic rings. The summed E-state index contributed by atoms with van der Waals surface area (Å²) in [5.41, 5.74) is 3.13. The number of halogens is 2. The van der Waals surface area contributed by atoms with Gasteiger partial charge in [-0.1, -0.05) is 23.2 Å². The van der Waals surface area contributed by atoms with Crippen molar-refractivity contribution in [3.63, 3.8) is 0 Å². The van der Waals surface area contributed by atoms with E-state index in [1.165, 1.54) is 0 Å². The molecule has 18 heavy (non-hydrogen) atoms. The molecule has 0 atom stereocenters. The van der Waals surface area contributed by atoms with Gasteiger partial charge in [-0.3, -0.25) is 4.79 Å². The number of carbonyl (C=O) groups is 1. The summed E-state index contributed by atoms with van der Waals surface area (Å²) >= 11 is 12.0. The van der Waals surface area contributed by atoms with Gasteiger partial charge >= 0.3 is 0 Å². The van der Waals surface area contributed by atoms with Crippen LogP contribution in [0.3, 0.4) is 0 Å². The van der Waals surface area contributed by atoms with Crippen molar-refractivity contribution >= 4 is 29.1 Å². The lowest BCUT2D eigenvalue weighted by Gasteiger charge is -2.10. The first-order valence-corrected chi connectivity index (χ1v) is 6.23. The van der Waals surface area contributed by atoms with E-state index in [0.29, 0.717) is 17.1 Å². The van der Waals surface area contributed by atoms with E-state index in [1.807, 2.05) is 0 Å². The Morgan fingerprint density at radius 1 is 1.28 bits per heavy atom. The summed E-state index contributed by atoms with van der Waals surface area (Å²) in [5, 5.41) is 3.44. The minimum atomic E-state index is -0.0602. The molecule has 6 heteroatoms. The number of aromatic amines is 1. The minimum absolute atomic E-state index is 0.0602. The zero-order valence-corrected chi connectivity index (χ0v) is 10.8. The average molecular weight is 282 g/mol. The average Bonchev–Trinajstić information content (AvgIpc) is 2.78. The molecule has 4 nitrogen and oxygen atoms in total. The van der Waals surface area contributed by atoms with Crippen LogP contribution in [0.1, 0.15) is 16.1 Å². The molecule has 0 aliphatic carbocycles. The summed E-state index contributed by atoms with van der Waals surface area (Å²) in [5.74, 6) is -0.0602. The molecule has 3 heterocycles.